The third kappa shape index (κ3) is 6.89. The number of rotatable bonds is 6. The van der Waals surface area contributed by atoms with E-state index in [1.807, 2.05) is 32.9 Å². The number of hydrogen-bond donors (Lipinski definition) is 2. The molecule has 2 unspecified atom stereocenters. The number of likely N-dealkylation sites (tertiary alicyclic amines) is 1. The summed E-state index contributed by atoms with van der Waals surface area (Å²) in [6, 6.07) is 7.25. The zero-order valence-corrected chi connectivity index (χ0v) is 18.6. The van der Waals surface area contributed by atoms with E-state index in [0.717, 1.165) is 18.4 Å². The maximum absolute atomic E-state index is 12.6. The van der Waals surface area contributed by atoms with Crippen LogP contribution in [0.15, 0.2) is 24.3 Å². The van der Waals surface area contributed by atoms with E-state index in [1.165, 1.54) is 6.92 Å². The highest BCUT2D eigenvalue weighted by atomic mass is 35.5. The summed E-state index contributed by atoms with van der Waals surface area (Å²) in [7, 11) is 0. The fraction of sp³-hybridized carbons (Fsp3) is 0.636. The van der Waals surface area contributed by atoms with Crippen molar-refractivity contribution in [2.24, 2.45) is 5.92 Å². The van der Waals surface area contributed by atoms with Crippen LogP contribution in [0.3, 0.4) is 0 Å². The fourth-order valence-corrected chi connectivity index (χ4v) is 4.01. The van der Waals surface area contributed by atoms with Crippen molar-refractivity contribution in [3.05, 3.63) is 34.9 Å². The van der Waals surface area contributed by atoms with Gasteiger partial charge in [-0.05, 0) is 64.2 Å². The normalized spacial score (nSPS) is 19.4. The van der Waals surface area contributed by atoms with Gasteiger partial charge in [0.1, 0.15) is 5.60 Å². The standard InChI is InChI=1S/C22H33ClN2O4/c1-16(26)24-12-7-11-22(28,17-8-5-10-19(23)14-17)18-9-6-13-25(15-18)20(27)29-21(2,3)4/h5,8,10,14,18,28H,6-7,9,11-13,15H2,1-4H3,(H,24,26). The summed E-state index contributed by atoms with van der Waals surface area (Å²) in [6.45, 7) is 8.52. The summed E-state index contributed by atoms with van der Waals surface area (Å²) in [5.74, 6) is -0.246. The van der Waals surface area contributed by atoms with Gasteiger partial charge in [0.05, 0.1) is 5.60 Å². The van der Waals surface area contributed by atoms with Crippen molar-refractivity contribution in [2.45, 2.75) is 64.6 Å². The molecule has 2 atom stereocenters. The lowest BCUT2D eigenvalue weighted by atomic mass is 9.74. The molecule has 7 heteroatoms. The van der Waals surface area contributed by atoms with Crippen molar-refractivity contribution in [2.75, 3.05) is 19.6 Å². The highest BCUT2D eigenvalue weighted by Gasteiger charge is 2.41. The van der Waals surface area contributed by atoms with Gasteiger partial charge in [0, 0.05) is 37.5 Å². The van der Waals surface area contributed by atoms with Gasteiger partial charge in [0.2, 0.25) is 5.91 Å². The van der Waals surface area contributed by atoms with Crippen molar-refractivity contribution in [3.8, 4) is 0 Å². The Balaban J connectivity index is 2.20. The Kier molecular flexibility index (Phi) is 7.94. The maximum Gasteiger partial charge on any atom is 0.410 e. The monoisotopic (exact) mass is 424 g/mol. The lowest BCUT2D eigenvalue weighted by molar-refractivity contribution is -0.119. The molecule has 0 radical (unpaired) electrons. The average Bonchev–Trinajstić information content (AvgIpc) is 2.63. The van der Waals surface area contributed by atoms with E-state index in [1.54, 1.807) is 17.0 Å². The highest BCUT2D eigenvalue weighted by molar-refractivity contribution is 6.30. The van der Waals surface area contributed by atoms with Gasteiger partial charge in [-0.1, -0.05) is 23.7 Å². The predicted octanol–water partition coefficient (Wildman–Crippen LogP) is 4.09. The van der Waals surface area contributed by atoms with Crippen LogP contribution < -0.4 is 5.32 Å². The Bertz CT molecular complexity index is 719. The van der Waals surface area contributed by atoms with E-state index in [2.05, 4.69) is 5.32 Å². The number of ether oxygens (including phenoxy) is 1. The summed E-state index contributed by atoms with van der Waals surface area (Å²) in [6.07, 6.45) is 2.31. The third-order valence-electron chi connectivity index (χ3n) is 5.18. The van der Waals surface area contributed by atoms with Crippen LogP contribution in [0.25, 0.3) is 0 Å². The van der Waals surface area contributed by atoms with Gasteiger partial charge >= 0.3 is 6.09 Å². The van der Waals surface area contributed by atoms with Crippen molar-refractivity contribution in [1.82, 2.24) is 10.2 Å². The number of carbonyl (C=O) groups excluding carboxylic acids is 2. The van der Waals surface area contributed by atoms with Crippen LogP contribution in [0, 0.1) is 5.92 Å². The third-order valence-corrected chi connectivity index (χ3v) is 5.42. The SMILES string of the molecule is CC(=O)NCCCC(O)(c1cccc(Cl)c1)C1CCCN(C(=O)OC(C)(C)C)C1. The molecule has 2 rings (SSSR count). The van der Waals surface area contributed by atoms with E-state index in [4.69, 9.17) is 16.3 Å². The van der Waals surface area contributed by atoms with Crippen molar-refractivity contribution in [3.63, 3.8) is 0 Å². The first-order valence-electron chi connectivity index (χ1n) is 10.2. The van der Waals surface area contributed by atoms with Crippen molar-refractivity contribution in [1.29, 1.82) is 0 Å². The molecular weight excluding hydrogens is 392 g/mol. The van der Waals surface area contributed by atoms with Gasteiger partial charge < -0.3 is 20.1 Å². The lowest BCUT2D eigenvalue weighted by Crippen LogP contribution is -2.49. The van der Waals surface area contributed by atoms with E-state index in [9.17, 15) is 14.7 Å². The smallest absolute Gasteiger partial charge is 0.410 e. The van der Waals surface area contributed by atoms with Crippen molar-refractivity contribution >= 4 is 23.6 Å². The fourth-order valence-electron chi connectivity index (χ4n) is 3.82. The molecule has 0 spiro atoms. The first-order chi connectivity index (χ1) is 13.5. The Morgan fingerprint density at radius 3 is 2.69 bits per heavy atom. The molecular formula is C22H33ClN2O4. The molecule has 6 nitrogen and oxygen atoms in total. The van der Waals surface area contributed by atoms with Crippen LogP contribution in [0.4, 0.5) is 4.79 Å². The van der Waals surface area contributed by atoms with Crippen LogP contribution in [-0.4, -0.2) is 47.2 Å². The first kappa shape index (κ1) is 23.5. The number of nitrogens with zero attached hydrogens (tertiary/aromatic N) is 1. The van der Waals surface area contributed by atoms with Crippen LogP contribution in [0.2, 0.25) is 5.02 Å². The Hall–Kier alpha value is -1.79. The molecule has 1 aromatic carbocycles. The van der Waals surface area contributed by atoms with Gasteiger partial charge in [-0.15, -0.1) is 0 Å². The molecule has 0 saturated carbocycles. The number of amides is 2. The van der Waals surface area contributed by atoms with E-state index < -0.39 is 11.2 Å². The minimum atomic E-state index is -1.15. The van der Waals surface area contributed by atoms with E-state index in [-0.39, 0.29) is 17.9 Å². The van der Waals surface area contributed by atoms with Crippen LogP contribution in [0.1, 0.15) is 58.9 Å². The molecule has 0 bridgehead atoms. The molecule has 2 amide bonds. The molecule has 1 aromatic rings. The molecule has 1 fully saturated rings. The van der Waals surface area contributed by atoms with Gasteiger partial charge in [-0.25, -0.2) is 4.79 Å². The van der Waals surface area contributed by atoms with Crippen LogP contribution in [0.5, 0.6) is 0 Å². The summed E-state index contributed by atoms with van der Waals surface area (Å²) in [4.78, 5) is 25.4. The molecule has 1 heterocycles. The minimum Gasteiger partial charge on any atom is -0.444 e. The van der Waals surface area contributed by atoms with Gasteiger partial charge in [0.25, 0.3) is 0 Å². The number of hydrogen-bond acceptors (Lipinski definition) is 4. The molecule has 0 aliphatic carbocycles. The summed E-state index contributed by atoms with van der Waals surface area (Å²) < 4.78 is 5.52. The second-order valence-corrected chi connectivity index (χ2v) is 9.22. The molecule has 0 aromatic heterocycles. The second-order valence-electron chi connectivity index (χ2n) is 8.79. The van der Waals surface area contributed by atoms with Crippen LogP contribution >= 0.6 is 11.6 Å². The minimum absolute atomic E-state index is 0.0925. The van der Waals surface area contributed by atoms with Crippen molar-refractivity contribution < 1.29 is 19.4 Å². The summed E-state index contributed by atoms with van der Waals surface area (Å²) >= 11 is 6.19. The van der Waals surface area contributed by atoms with Gasteiger partial charge in [-0.3, -0.25) is 4.79 Å². The maximum atomic E-state index is 12.6. The summed E-state index contributed by atoms with van der Waals surface area (Å²) in [5.41, 5.74) is -0.973. The largest absolute Gasteiger partial charge is 0.444 e. The zero-order valence-electron chi connectivity index (χ0n) is 17.8. The molecule has 1 aliphatic rings. The average molecular weight is 425 g/mol. The van der Waals surface area contributed by atoms with E-state index in [0.29, 0.717) is 37.5 Å². The predicted molar refractivity (Wildman–Crippen MR) is 114 cm³/mol. The first-order valence-corrected chi connectivity index (χ1v) is 10.6. The van der Waals surface area contributed by atoms with E-state index >= 15 is 0 Å². The Morgan fingerprint density at radius 2 is 2.07 bits per heavy atom. The number of nitrogens with one attached hydrogen (secondary N) is 1. The number of aliphatic hydroxyl groups is 1. The second kappa shape index (κ2) is 9.81. The molecule has 29 heavy (non-hydrogen) atoms. The highest BCUT2D eigenvalue weighted by Crippen LogP contribution is 2.40. The molecule has 1 aliphatic heterocycles. The zero-order chi connectivity index (χ0) is 21.7. The molecule has 1 saturated heterocycles. The number of benzene rings is 1. The lowest BCUT2D eigenvalue weighted by Gasteiger charge is -2.43. The number of piperidine rings is 1. The molecule has 162 valence electrons. The van der Waals surface area contributed by atoms with Gasteiger partial charge in [-0.2, -0.15) is 0 Å². The summed E-state index contributed by atoms with van der Waals surface area (Å²) in [5, 5.41) is 15.1. The van der Waals surface area contributed by atoms with Crippen LogP contribution in [-0.2, 0) is 15.1 Å². The van der Waals surface area contributed by atoms with Gasteiger partial charge in [0.15, 0.2) is 0 Å². The topological polar surface area (TPSA) is 78.9 Å². The number of carbonyl (C=O) groups is 2. The number of halogens is 1. The Morgan fingerprint density at radius 1 is 1.34 bits per heavy atom. The molecule has 2 N–H and O–H groups in total. The quantitative estimate of drug-likeness (QED) is 0.674. The Labute approximate surface area is 178 Å².